The predicted molar refractivity (Wildman–Crippen MR) is 56.5 cm³/mol. The minimum Gasteiger partial charge on any atom is -0.466 e. The van der Waals surface area contributed by atoms with Gasteiger partial charge < -0.3 is 4.74 Å². The number of carbonyl (C=O) groups excluding carboxylic acids is 1. The molecule has 0 saturated carbocycles. The highest BCUT2D eigenvalue weighted by molar-refractivity contribution is 6.30. The summed E-state index contributed by atoms with van der Waals surface area (Å²) in [5.74, 6) is -1.23. The Morgan fingerprint density at radius 2 is 2.31 bits per heavy atom. The van der Waals surface area contributed by atoms with E-state index in [1.54, 1.807) is 6.92 Å². The third-order valence-corrected chi connectivity index (χ3v) is 2.15. The van der Waals surface area contributed by atoms with E-state index in [1.165, 1.54) is 12.1 Å². The zero-order valence-corrected chi connectivity index (χ0v) is 9.34. The average Bonchev–Trinajstić information content (AvgIpc) is 2.24. The van der Waals surface area contributed by atoms with Crippen LogP contribution in [0.25, 0.3) is 0 Å². The van der Waals surface area contributed by atoms with Crippen molar-refractivity contribution in [1.29, 1.82) is 5.26 Å². The Bertz CT molecular complexity index is 454. The van der Waals surface area contributed by atoms with Gasteiger partial charge >= 0.3 is 5.97 Å². The zero-order valence-electron chi connectivity index (χ0n) is 8.59. The lowest BCUT2D eigenvalue weighted by atomic mass is 10.1. The van der Waals surface area contributed by atoms with E-state index in [0.717, 1.165) is 0 Å². The van der Waals surface area contributed by atoms with Crippen molar-refractivity contribution in [2.75, 3.05) is 6.61 Å². The summed E-state index contributed by atoms with van der Waals surface area (Å²) in [6.45, 7) is 1.89. The number of nitriles is 1. The fourth-order valence-corrected chi connectivity index (χ4v) is 1.45. The van der Waals surface area contributed by atoms with Crippen molar-refractivity contribution in [3.63, 3.8) is 0 Å². The highest BCUT2D eigenvalue weighted by Crippen LogP contribution is 2.21. The molecule has 1 rings (SSSR count). The molecule has 0 aliphatic carbocycles. The van der Waals surface area contributed by atoms with Crippen molar-refractivity contribution >= 4 is 17.6 Å². The summed E-state index contributed by atoms with van der Waals surface area (Å²) in [6, 6.07) is 4.34. The number of rotatable bonds is 3. The molecule has 0 radical (unpaired) electrons. The van der Waals surface area contributed by atoms with Crippen molar-refractivity contribution in [2.24, 2.45) is 0 Å². The van der Waals surface area contributed by atoms with E-state index in [4.69, 9.17) is 16.9 Å². The molecule has 84 valence electrons. The highest BCUT2D eigenvalue weighted by Gasteiger charge is 2.13. The van der Waals surface area contributed by atoms with Gasteiger partial charge in [0.05, 0.1) is 29.7 Å². The molecule has 0 spiro atoms. The maximum absolute atomic E-state index is 13.5. The topological polar surface area (TPSA) is 50.1 Å². The smallest absolute Gasteiger partial charge is 0.310 e. The molecule has 0 aliphatic heterocycles. The average molecular weight is 242 g/mol. The molecule has 0 bridgehead atoms. The fourth-order valence-electron chi connectivity index (χ4n) is 1.21. The van der Waals surface area contributed by atoms with Gasteiger partial charge in [0, 0.05) is 5.56 Å². The second-order valence-corrected chi connectivity index (χ2v) is 3.43. The number of benzene rings is 1. The van der Waals surface area contributed by atoms with Crippen LogP contribution in [0.4, 0.5) is 4.39 Å². The zero-order chi connectivity index (χ0) is 12.1. The third-order valence-electron chi connectivity index (χ3n) is 1.87. The molecule has 0 amide bonds. The third kappa shape index (κ3) is 2.94. The van der Waals surface area contributed by atoms with E-state index in [2.05, 4.69) is 4.74 Å². The van der Waals surface area contributed by atoms with Crippen LogP contribution in [0.3, 0.4) is 0 Å². The molecule has 0 fully saturated rings. The Hall–Kier alpha value is -1.60. The fraction of sp³-hybridized carbons (Fsp3) is 0.273. The van der Waals surface area contributed by atoms with Gasteiger partial charge in [-0.05, 0) is 19.1 Å². The van der Waals surface area contributed by atoms with Crippen LogP contribution in [-0.4, -0.2) is 12.6 Å². The first kappa shape index (κ1) is 12.5. The Morgan fingerprint density at radius 3 is 2.88 bits per heavy atom. The second-order valence-electron chi connectivity index (χ2n) is 3.02. The molecule has 1 aromatic rings. The highest BCUT2D eigenvalue weighted by atomic mass is 35.5. The largest absolute Gasteiger partial charge is 0.466 e. The standard InChI is InChI=1S/C11H9ClFNO2/c1-2-16-10(15)5-8-3-7(6-14)4-9(12)11(8)13/h3-4H,2,5H2,1H3. The van der Waals surface area contributed by atoms with Crippen molar-refractivity contribution < 1.29 is 13.9 Å². The number of hydrogen-bond donors (Lipinski definition) is 0. The summed E-state index contributed by atoms with van der Waals surface area (Å²) in [5.41, 5.74) is 0.285. The summed E-state index contributed by atoms with van der Waals surface area (Å²) in [6.07, 6.45) is -0.227. The quantitative estimate of drug-likeness (QED) is 0.764. The van der Waals surface area contributed by atoms with Gasteiger partial charge in [0.25, 0.3) is 0 Å². The van der Waals surface area contributed by atoms with Gasteiger partial charge in [0.2, 0.25) is 0 Å². The monoisotopic (exact) mass is 241 g/mol. The van der Waals surface area contributed by atoms with Gasteiger partial charge in [-0.3, -0.25) is 4.79 Å². The van der Waals surface area contributed by atoms with Crippen LogP contribution >= 0.6 is 11.6 Å². The molecule has 1 aromatic carbocycles. The van der Waals surface area contributed by atoms with Crippen LogP contribution < -0.4 is 0 Å². The lowest BCUT2D eigenvalue weighted by Crippen LogP contribution is -2.09. The lowest BCUT2D eigenvalue weighted by Gasteiger charge is -2.05. The first-order chi connectivity index (χ1) is 7.58. The van der Waals surface area contributed by atoms with Crippen LogP contribution in [0, 0.1) is 17.1 Å². The van der Waals surface area contributed by atoms with Gasteiger partial charge in [-0.2, -0.15) is 5.26 Å². The van der Waals surface area contributed by atoms with E-state index in [0.29, 0.717) is 0 Å². The molecule has 0 aromatic heterocycles. The number of nitrogens with zero attached hydrogens (tertiary/aromatic N) is 1. The Kier molecular flexibility index (Phi) is 4.27. The molecular formula is C11H9ClFNO2. The summed E-state index contributed by atoms with van der Waals surface area (Å²) >= 11 is 5.58. The normalized spacial score (nSPS) is 9.62. The van der Waals surface area contributed by atoms with Crippen molar-refractivity contribution in [1.82, 2.24) is 0 Å². The Balaban J connectivity index is 3.00. The molecule has 0 N–H and O–H groups in total. The van der Waals surface area contributed by atoms with Gasteiger partial charge in [0.15, 0.2) is 0 Å². The van der Waals surface area contributed by atoms with Crippen LogP contribution in [-0.2, 0) is 16.0 Å². The predicted octanol–water partition coefficient (Wildman–Crippen LogP) is 2.46. The molecule has 3 nitrogen and oxygen atoms in total. The van der Waals surface area contributed by atoms with Crippen molar-refractivity contribution in [3.8, 4) is 6.07 Å². The van der Waals surface area contributed by atoms with E-state index in [9.17, 15) is 9.18 Å². The molecule has 0 aliphatic rings. The van der Waals surface area contributed by atoms with E-state index < -0.39 is 11.8 Å². The van der Waals surface area contributed by atoms with Gasteiger partial charge in [-0.25, -0.2) is 4.39 Å². The molecular weight excluding hydrogens is 233 g/mol. The van der Waals surface area contributed by atoms with E-state index in [-0.39, 0.29) is 29.2 Å². The summed E-state index contributed by atoms with van der Waals surface area (Å²) < 4.78 is 18.2. The van der Waals surface area contributed by atoms with Crippen molar-refractivity contribution in [2.45, 2.75) is 13.3 Å². The first-order valence-corrected chi connectivity index (χ1v) is 5.00. The Morgan fingerprint density at radius 1 is 1.62 bits per heavy atom. The van der Waals surface area contributed by atoms with Crippen LogP contribution in [0.1, 0.15) is 18.1 Å². The number of halogens is 2. The lowest BCUT2D eigenvalue weighted by molar-refractivity contribution is -0.142. The van der Waals surface area contributed by atoms with Gasteiger partial charge in [-0.15, -0.1) is 0 Å². The van der Waals surface area contributed by atoms with Gasteiger partial charge in [0.1, 0.15) is 5.82 Å². The summed E-state index contributed by atoms with van der Waals surface area (Å²) in [5, 5.41) is 8.50. The molecule has 0 saturated heterocycles. The van der Waals surface area contributed by atoms with Crippen LogP contribution in [0.2, 0.25) is 5.02 Å². The SMILES string of the molecule is CCOC(=O)Cc1cc(C#N)cc(Cl)c1F. The summed E-state index contributed by atoms with van der Waals surface area (Å²) in [4.78, 5) is 11.2. The molecule has 0 atom stereocenters. The number of esters is 1. The second kappa shape index (κ2) is 5.47. The van der Waals surface area contributed by atoms with E-state index in [1.807, 2.05) is 6.07 Å². The maximum atomic E-state index is 13.5. The Labute approximate surface area is 97.4 Å². The van der Waals surface area contributed by atoms with Crippen LogP contribution in [0.15, 0.2) is 12.1 Å². The number of carbonyl (C=O) groups is 1. The number of hydrogen-bond acceptors (Lipinski definition) is 3. The molecule has 0 unspecified atom stereocenters. The molecule has 5 heteroatoms. The van der Waals surface area contributed by atoms with Gasteiger partial charge in [-0.1, -0.05) is 11.6 Å². The maximum Gasteiger partial charge on any atom is 0.310 e. The number of ether oxygens (including phenoxy) is 1. The van der Waals surface area contributed by atoms with Crippen molar-refractivity contribution in [3.05, 3.63) is 34.1 Å². The summed E-state index contributed by atoms with van der Waals surface area (Å²) in [7, 11) is 0. The minimum atomic E-state index is -0.686. The van der Waals surface area contributed by atoms with E-state index >= 15 is 0 Å². The molecule has 16 heavy (non-hydrogen) atoms. The van der Waals surface area contributed by atoms with Crippen LogP contribution in [0.5, 0.6) is 0 Å². The molecule has 0 heterocycles. The minimum absolute atomic E-state index is 0.0718. The first-order valence-electron chi connectivity index (χ1n) is 4.62.